The maximum atomic E-state index is 4.58. The Morgan fingerprint density at radius 3 is 2.29 bits per heavy atom. The smallest absolute Gasteiger partial charge is 0.134 e. The molecule has 0 fully saturated rings. The lowest BCUT2D eigenvalue weighted by atomic mass is 10.2. The van der Waals surface area contributed by atoms with Crippen LogP contribution in [0.3, 0.4) is 0 Å². The molecule has 0 radical (unpaired) electrons. The van der Waals surface area contributed by atoms with Crippen molar-refractivity contribution in [2.24, 2.45) is 0 Å². The van der Waals surface area contributed by atoms with E-state index in [0.29, 0.717) is 6.04 Å². The standard InChI is InChI=1S/C13H24N4/c1-6-8-11-16-12(14-7-2)10(5)13(17-11)15-9(3)4/h9H,6-8H2,1-5H3,(H2,14,15,16,17). The minimum absolute atomic E-state index is 0.382. The molecule has 0 aliphatic rings. The van der Waals surface area contributed by atoms with Gasteiger partial charge in [-0.2, -0.15) is 0 Å². The second kappa shape index (κ2) is 6.42. The van der Waals surface area contributed by atoms with Gasteiger partial charge in [-0.05, 0) is 34.1 Å². The molecular weight excluding hydrogens is 212 g/mol. The van der Waals surface area contributed by atoms with Gasteiger partial charge in [-0.25, -0.2) is 9.97 Å². The highest BCUT2D eigenvalue weighted by molar-refractivity contribution is 5.57. The molecule has 1 heterocycles. The van der Waals surface area contributed by atoms with Crippen LogP contribution in [0.1, 0.15) is 45.5 Å². The lowest BCUT2D eigenvalue weighted by molar-refractivity contribution is 0.818. The van der Waals surface area contributed by atoms with Gasteiger partial charge in [-0.1, -0.05) is 6.92 Å². The number of nitrogens with one attached hydrogen (secondary N) is 2. The molecule has 0 aliphatic heterocycles. The number of aromatic nitrogens is 2. The summed E-state index contributed by atoms with van der Waals surface area (Å²) in [5.41, 5.74) is 1.10. The van der Waals surface area contributed by atoms with Crippen LogP contribution in [0, 0.1) is 6.92 Å². The van der Waals surface area contributed by atoms with E-state index in [1.807, 2.05) is 0 Å². The van der Waals surface area contributed by atoms with E-state index >= 15 is 0 Å². The largest absolute Gasteiger partial charge is 0.370 e. The van der Waals surface area contributed by atoms with Gasteiger partial charge in [0.2, 0.25) is 0 Å². The summed E-state index contributed by atoms with van der Waals surface area (Å²) in [6, 6.07) is 0.382. The first-order chi connectivity index (χ1) is 8.08. The van der Waals surface area contributed by atoms with Crippen LogP contribution < -0.4 is 10.6 Å². The van der Waals surface area contributed by atoms with Crippen molar-refractivity contribution in [2.75, 3.05) is 17.2 Å². The van der Waals surface area contributed by atoms with Gasteiger partial charge in [0, 0.05) is 24.6 Å². The van der Waals surface area contributed by atoms with E-state index in [1.54, 1.807) is 0 Å². The molecular formula is C13H24N4. The minimum Gasteiger partial charge on any atom is -0.370 e. The van der Waals surface area contributed by atoms with E-state index in [4.69, 9.17) is 0 Å². The van der Waals surface area contributed by atoms with E-state index in [0.717, 1.165) is 42.4 Å². The summed E-state index contributed by atoms with van der Waals surface area (Å²) in [4.78, 5) is 9.14. The predicted octanol–water partition coefficient (Wildman–Crippen LogP) is 2.99. The van der Waals surface area contributed by atoms with E-state index < -0.39 is 0 Å². The van der Waals surface area contributed by atoms with Gasteiger partial charge >= 0.3 is 0 Å². The van der Waals surface area contributed by atoms with Gasteiger partial charge in [0.15, 0.2) is 0 Å². The normalized spacial score (nSPS) is 10.7. The lowest BCUT2D eigenvalue weighted by Crippen LogP contribution is -2.15. The average Bonchev–Trinajstić information content (AvgIpc) is 2.24. The van der Waals surface area contributed by atoms with Crippen molar-refractivity contribution < 1.29 is 0 Å². The number of anilines is 2. The number of hydrogen-bond acceptors (Lipinski definition) is 4. The Labute approximate surface area is 104 Å². The zero-order chi connectivity index (χ0) is 12.8. The van der Waals surface area contributed by atoms with Crippen molar-refractivity contribution in [1.29, 1.82) is 0 Å². The third-order valence-electron chi connectivity index (χ3n) is 2.44. The van der Waals surface area contributed by atoms with Crippen molar-refractivity contribution >= 4 is 11.6 Å². The van der Waals surface area contributed by atoms with Crippen molar-refractivity contribution in [2.45, 2.75) is 53.5 Å². The number of nitrogens with zero attached hydrogens (tertiary/aromatic N) is 2. The van der Waals surface area contributed by atoms with Crippen molar-refractivity contribution in [3.05, 3.63) is 11.4 Å². The summed E-state index contributed by atoms with van der Waals surface area (Å²) >= 11 is 0. The summed E-state index contributed by atoms with van der Waals surface area (Å²) in [6.45, 7) is 11.4. The summed E-state index contributed by atoms with van der Waals surface area (Å²) in [5, 5.41) is 6.68. The highest BCUT2D eigenvalue weighted by atomic mass is 15.1. The van der Waals surface area contributed by atoms with Crippen molar-refractivity contribution in [1.82, 2.24) is 9.97 Å². The second-order valence-corrected chi connectivity index (χ2v) is 4.54. The van der Waals surface area contributed by atoms with E-state index in [1.165, 1.54) is 0 Å². The molecule has 0 saturated carbocycles. The van der Waals surface area contributed by atoms with Crippen LogP contribution >= 0.6 is 0 Å². The summed E-state index contributed by atoms with van der Waals surface area (Å²) < 4.78 is 0. The molecule has 0 unspecified atom stereocenters. The first-order valence-electron chi connectivity index (χ1n) is 6.46. The molecule has 0 spiro atoms. The Morgan fingerprint density at radius 2 is 1.76 bits per heavy atom. The fraction of sp³-hybridized carbons (Fsp3) is 0.692. The molecule has 96 valence electrons. The molecule has 0 amide bonds. The Morgan fingerprint density at radius 1 is 1.12 bits per heavy atom. The van der Waals surface area contributed by atoms with E-state index in [-0.39, 0.29) is 0 Å². The van der Waals surface area contributed by atoms with Gasteiger partial charge in [0.05, 0.1) is 0 Å². The van der Waals surface area contributed by atoms with Crippen LogP contribution in [0.15, 0.2) is 0 Å². The fourth-order valence-electron chi connectivity index (χ4n) is 1.65. The monoisotopic (exact) mass is 236 g/mol. The maximum Gasteiger partial charge on any atom is 0.134 e. The van der Waals surface area contributed by atoms with Crippen LogP contribution in [0.2, 0.25) is 0 Å². The fourth-order valence-corrected chi connectivity index (χ4v) is 1.65. The molecule has 0 atom stereocenters. The average molecular weight is 236 g/mol. The summed E-state index contributed by atoms with van der Waals surface area (Å²) in [6.07, 6.45) is 1.99. The molecule has 0 bridgehead atoms. The molecule has 2 N–H and O–H groups in total. The van der Waals surface area contributed by atoms with Gasteiger partial charge in [-0.15, -0.1) is 0 Å². The molecule has 4 nitrogen and oxygen atoms in total. The van der Waals surface area contributed by atoms with Gasteiger partial charge in [0.25, 0.3) is 0 Å². The zero-order valence-electron chi connectivity index (χ0n) is 11.6. The molecule has 4 heteroatoms. The first-order valence-corrected chi connectivity index (χ1v) is 6.46. The van der Waals surface area contributed by atoms with Crippen LogP contribution in [-0.2, 0) is 6.42 Å². The van der Waals surface area contributed by atoms with Gasteiger partial charge in [-0.3, -0.25) is 0 Å². The number of rotatable bonds is 6. The van der Waals surface area contributed by atoms with Gasteiger partial charge < -0.3 is 10.6 Å². The minimum atomic E-state index is 0.382. The van der Waals surface area contributed by atoms with Gasteiger partial charge in [0.1, 0.15) is 17.5 Å². The third-order valence-corrected chi connectivity index (χ3v) is 2.44. The Balaban J connectivity index is 3.07. The van der Waals surface area contributed by atoms with Crippen molar-refractivity contribution in [3.63, 3.8) is 0 Å². The topological polar surface area (TPSA) is 49.8 Å². The van der Waals surface area contributed by atoms with E-state index in [2.05, 4.69) is 55.2 Å². The first kappa shape index (κ1) is 13.7. The summed E-state index contributed by atoms with van der Waals surface area (Å²) in [5.74, 6) is 2.82. The maximum absolute atomic E-state index is 4.58. The Kier molecular flexibility index (Phi) is 5.19. The third kappa shape index (κ3) is 3.88. The molecule has 1 aromatic heterocycles. The second-order valence-electron chi connectivity index (χ2n) is 4.54. The number of hydrogen-bond donors (Lipinski definition) is 2. The lowest BCUT2D eigenvalue weighted by Gasteiger charge is -2.16. The van der Waals surface area contributed by atoms with Crippen LogP contribution in [-0.4, -0.2) is 22.6 Å². The molecule has 1 rings (SSSR count). The number of aryl methyl sites for hydroxylation is 1. The quantitative estimate of drug-likeness (QED) is 0.797. The molecule has 1 aromatic rings. The van der Waals surface area contributed by atoms with Crippen LogP contribution in [0.4, 0.5) is 11.6 Å². The SMILES string of the molecule is CCCc1nc(NCC)c(C)c(NC(C)C)n1. The molecule has 0 aromatic carbocycles. The Bertz CT molecular complexity index is 361. The molecule has 0 saturated heterocycles. The van der Waals surface area contributed by atoms with E-state index in [9.17, 15) is 0 Å². The van der Waals surface area contributed by atoms with Crippen LogP contribution in [0.25, 0.3) is 0 Å². The predicted molar refractivity (Wildman–Crippen MR) is 73.7 cm³/mol. The molecule has 17 heavy (non-hydrogen) atoms. The highest BCUT2D eigenvalue weighted by Crippen LogP contribution is 2.21. The van der Waals surface area contributed by atoms with Crippen molar-refractivity contribution in [3.8, 4) is 0 Å². The Hall–Kier alpha value is -1.32. The molecule has 0 aliphatic carbocycles. The van der Waals surface area contributed by atoms with Crippen LogP contribution in [0.5, 0.6) is 0 Å². The highest BCUT2D eigenvalue weighted by Gasteiger charge is 2.10. The zero-order valence-corrected chi connectivity index (χ0v) is 11.6. The summed E-state index contributed by atoms with van der Waals surface area (Å²) in [7, 11) is 0.